The standard InChI is InChI=1S/C13H18O3/c1-8(2)12(14)11-6-4-10(5-7-11)9(3)13(15)16/h4-9,12,14H,1-3H3,(H,15,16)/t9-,12-/m1/s1. The van der Waals surface area contributed by atoms with Gasteiger partial charge in [-0.05, 0) is 24.0 Å². The smallest absolute Gasteiger partial charge is 0.310 e. The first-order valence-electron chi connectivity index (χ1n) is 5.44. The number of hydrogen-bond donors (Lipinski definition) is 2. The van der Waals surface area contributed by atoms with Gasteiger partial charge in [-0.1, -0.05) is 38.1 Å². The molecule has 0 aliphatic carbocycles. The van der Waals surface area contributed by atoms with Crippen molar-refractivity contribution >= 4 is 5.97 Å². The Morgan fingerprint density at radius 2 is 1.50 bits per heavy atom. The first-order valence-corrected chi connectivity index (χ1v) is 5.44. The molecule has 0 fully saturated rings. The Balaban J connectivity index is 2.87. The van der Waals surface area contributed by atoms with Crippen molar-refractivity contribution in [1.29, 1.82) is 0 Å². The van der Waals surface area contributed by atoms with Gasteiger partial charge in [-0.2, -0.15) is 0 Å². The van der Waals surface area contributed by atoms with Gasteiger partial charge in [0.25, 0.3) is 0 Å². The number of aliphatic carboxylic acids is 1. The maximum Gasteiger partial charge on any atom is 0.310 e. The molecule has 0 spiro atoms. The van der Waals surface area contributed by atoms with Gasteiger partial charge in [0.2, 0.25) is 0 Å². The Morgan fingerprint density at radius 1 is 1.06 bits per heavy atom. The maximum absolute atomic E-state index is 10.8. The van der Waals surface area contributed by atoms with Crippen molar-refractivity contribution in [2.24, 2.45) is 5.92 Å². The Kier molecular flexibility index (Phi) is 4.07. The second-order valence-corrected chi connectivity index (χ2v) is 4.42. The van der Waals surface area contributed by atoms with Crippen molar-refractivity contribution in [2.75, 3.05) is 0 Å². The fraction of sp³-hybridized carbons (Fsp3) is 0.462. The highest BCUT2D eigenvalue weighted by molar-refractivity contribution is 5.75. The van der Waals surface area contributed by atoms with Crippen LogP contribution < -0.4 is 0 Å². The van der Waals surface area contributed by atoms with Crippen LogP contribution in [0.1, 0.15) is 43.9 Å². The Labute approximate surface area is 95.7 Å². The number of aliphatic hydroxyl groups excluding tert-OH is 1. The van der Waals surface area contributed by atoms with Crippen molar-refractivity contribution in [2.45, 2.75) is 32.8 Å². The van der Waals surface area contributed by atoms with Gasteiger partial charge in [0, 0.05) is 0 Å². The van der Waals surface area contributed by atoms with Crippen molar-refractivity contribution < 1.29 is 15.0 Å². The fourth-order valence-electron chi connectivity index (χ4n) is 1.51. The first-order chi connectivity index (χ1) is 7.43. The summed E-state index contributed by atoms with van der Waals surface area (Å²) < 4.78 is 0. The minimum atomic E-state index is -0.836. The number of hydrogen-bond acceptors (Lipinski definition) is 2. The summed E-state index contributed by atoms with van der Waals surface area (Å²) in [5.41, 5.74) is 1.59. The van der Waals surface area contributed by atoms with E-state index in [1.54, 1.807) is 31.2 Å². The summed E-state index contributed by atoms with van der Waals surface area (Å²) in [4.78, 5) is 10.8. The summed E-state index contributed by atoms with van der Waals surface area (Å²) in [5, 5.41) is 18.7. The third kappa shape index (κ3) is 2.83. The van der Waals surface area contributed by atoms with Crippen LogP contribution in [-0.4, -0.2) is 16.2 Å². The Hall–Kier alpha value is -1.35. The van der Waals surface area contributed by atoms with E-state index in [-0.39, 0.29) is 5.92 Å². The molecule has 0 heterocycles. The van der Waals surface area contributed by atoms with E-state index in [9.17, 15) is 9.90 Å². The molecule has 1 aromatic rings. The molecule has 2 N–H and O–H groups in total. The molecule has 2 atom stereocenters. The third-order valence-electron chi connectivity index (χ3n) is 2.78. The topological polar surface area (TPSA) is 57.5 Å². The lowest BCUT2D eigenvalue weighted by atomic mass is 9.95. The number of benzene rings is 1. The van der Waals surface area contributed by atoms with Crippen LogP contribution in [-0.2, 0) is 4.79 Å². The van der Waals surface area contributed by atoms with Gasteiger partial charge in [-0.3, -0.25) is 4.79 Å². The van der Waals surface area contributed by atoms with Gasteiger partial charge in [0.15, 0.2) is 0 Å². The van der Waals surface area contributed by atoms with Crippen LogP contribution in [0.4, 0.5) is 0 Å². The molecule has 0 radical (unpaired) electrons. The normalized spacial score (nSPS) is 14.8. The van der Waals surface area contributed by atoms with E-state index >= 15 is 0 Å². The van der Waals surface area contributed by atoms with E-state index < -0.39 is 18.0 Å². The van der Waals surface area contributed by atoms with E-state index in [4.69, 9.17) is 5.11 Å². The van der Waals surface area contributed by atoms with Gasteiger partial charge in [0.05, 0.1) is 12.0 Å². The molecule has 1 aromatic carbocycles. The second kappa shape index (κ2) is 5.12. The first kappa shape index (κ1) is 12.7. The van der Waals surface area contributed by atoms with Crippen LogP contribution in [0, 0.1) is 5.92 Å². The zero-order valence-corrected chi connectivity index (χ0v) is 9.84. The highest BCUT2D eigenvalue weighted by Crippen LogP contribution is 2.23. The molecule has 0 saturated heterocycles. The molecule has 3 heteroatoms. The van der Waals surface area contributed by atoms with Crippen molar-refractivity contribution in [3.8, 4) is 0 Å². The predicted molar refractivity (Wildman–Crippen MR) is 62.3 cm³/mol. The summed E-state index contributed by atoms with van der Waals surface area (Å²) in [6, 6.07) is 7.11. The largest absolute Gasteiger partial charge is 0.481 e. The second-order valence-electron chi connectivity index (χ2n) is 4.42. The van der Waals surface area contributed by atoms with Crippen LogP contribution >= 0.6 is 0 Å². The zero-order chi connectivity index (χ0) is 12.3. The number of carbonyl (C=O) groups is 1. The van der Waals surface area contributed by atoms with E-state index in [1.165, 1.54) is 0 Å². The minimum Gasteiger partial charge on any atom is -0.481 e. The molecule has 0 aromatic heterocycles. The molecule has 0 aliphatic heterocycles. The maximum atomic E-state index is 10.8. The van der Waals surface area contributed by atoms with Gasteiger partial charge in [0.1, 0.15) is 0 Å². The Morgan fingerprint density at radius 3 is 1.88 bits per heavy atom. The monoisotopic (exact) mass is 222 g/mol. The predicted octanol–water partition coefficient (Wildman–Crippen LogP) is 2.56. The highest BCUT2D eigenvalue weighted by atomic mass is 16.4. The van der Waals surface area contributed by atoms with Crippen molar-refractivity contribution in [3.63, 3.8) is 0 Å². The summed E-state index contributed by atoms with van der Waals surface area (Å²) in [7, 11) is 0. The van der Waals surface area contributed by atoms with Crippen molar-refractivity contribution in [3.05, 3.63) is 35.4 Å². The number of rotatable bonds is 4. The quantitative estimate of drug-likeness (QED) is 0.823. The molecule has 0 unspecified atom stereocenters. The van der Waals surface area contributed by atoms with E-state index in [1.807, 2.05) is 13.8 Å². The van der Waals surface area contributed by atoms with Crippen molar-refractivity contribution in [1.82, 2.24) is 0 Å². The number of aliphatic hydroxyl groups is 1. The van der Waals surface area contributed by atoms with E-state index in [2.05, 4.69) is 0 Å². The summed E-state index contributed by atoms with van der Waals surface area (Å²) in [6.45, 7) is 5.53. The molecule has 1 rings (SSSR count). The molecule has 0 amide bonds. The van der Waals surface area contributed by atoms with Crippen LogP contribution in [0.5, 0.6) is 0 Å². The van der Waals surface area contributed by atoms with E-state index in [0.717, 1.165) is 11.1 Å². The molecule has 3 nitrogen and oxygen atoms in total. The zero-order valence-electron chi connectivity index (χ0n) is 9.84. The molecule has 88 valence electrons. The number of carboxylic acid groups (broad SMARTS) is 1. The summed E-state index contributed by atoms with van der Waals surface area (Å²) >= 11 is 0. The van der Waals surface area contributed by atoms with Gasteiger partial charge >= 0.3 is 5.97 Å². The summed E-state index contributed by atoms with van der Waals surface area (Å²) in [5.74, 6) is -1.19. The third-order valence-corrected chi connectivity index (χ3v) is 2.78. The lowest BCUT2D eigenvalue weighted by Crippen LogP contribution is -2.09. The molecular formula is C13H18O3. The van der Waals surface area contributed by atoms with Crippen LogP contribution in [0.25, 0.3) is 0 Å². The average Bonchev–Trinajstić information content (AvgIpc) is 2.27. The van der Waals surface area contributed by atoms with Crippen LogP contribution in [0.2, 0.25) is 0 Å². The van der Waals surface area contributed by atoms with E-state index in [0.29, 0.717) is 0 Å². The van der Waals surface area contributed by atoms with Gasteiger partial charge in [-0.25, -0.2) is 0 Å². The molecule has 0 aliphatic rings. The molecule has 0 bridgehead atoms. The SMILES string of the molecule is CC(C)[C@@H](O)c1ccc([C@@H](C)C(=O)O)cc1. The average molecular weight is 222 g/mol. The lowest BCUT2D eigenvalue weighted by Gasteiger charge is -2.15. The lowest BCUT2D eigenvalue weighted by molar-refractivity contribution is -0.138. The molecule has 0 saturated carbocycles. The van der Waals surface area contributed by atoms with Crippen LogP contribution in [0.3, 0.4) is 0 Å². The Bertz CT molecular complexity index is 354. The molecule has 16 heavy (non-hydrogen) atoms. The van der Waals surface area contributed by atoms with Crippen LogP contribution in [0.15, 0.2) is 24.3 Å². The summed E-state index contributed by atoms with van der Waals surface area (Å²) in [6.07, 6.45) is -0.491. The molecular weight excluding hydrogens is 204 g/mol. The fourth-order valence-corrected chi connectivity index (χ4v) is 1.51. The highest BCUT2D eigenvalue weighted by Gasteiger charge is 2.15. The minimum absolute atomic E-state index is 0.155. The number of carboxylic acids is 1. The van der Waals surface area contributed by atoms with Gasteiger partial charge < -0.3 is 10.2 Å². The van der Waals surface area contributed by atoms with Gasteiger partial charge in [-0.15, -0.1) is 0 Å².